The lowest BCUT2D eigenvalue weighted by Crippen LogP contribution is -2.26. The number of nitrogens with zero attached hydrogens (tertiary/aromatic N) is 1. The maximum Gasteiger partial charge on any atom is 0.333 e. The molecule has 6 nitrogen and oxygen atoms in total. The minimum absolute atomic E-state index is 0.0394. The maximum atomic E-state index is 10.5. The second-order valence-corrected chi connectivity index (χ2v) is 2.54. The van der Waals surface area contributed by atoms with Crippen molar-refractivity contribution in [2.45, 2.75) is 6.42 Å². The molecule has 1 heterocycles. The van der Waals surface area contributed by atoms with Crippen LogP contribution in [0, 0.1) is 0 Å². The molecule has 0 saturated heterocycles. The fraction of sp³-hybridized carbons (Fsp3) is 0.143. The molecule has 0 spiro atoms. The van der Waals surface area contributed by atoms with E-state index in [1.165, 1.54) is 12.4 Å². The molecule has 0 atom stereocenters. The third-order valence-corrected chi connectivity index (χ3v) is 1.54. The van der Waals surface area contributed by atoms with E-state index in [1.54, 1.807) is 0 Å². The van der Waals surface area contributed by atoms with E-state index in [0.717, 1.165) is 5.01 Å². The number of carboxylic acids is 2. The summed E-state index contributed by atoms with van der Waals surface area (Å²) in [4.78, 5) is 21.0. The predicted molar refractivity (Wildman–Crippen MR) is 42.1 cm³/mol. The van der Waals surface area contributed by atoms with Crippen molar-refractivity contribution < 1.29 is 19.8 Å². The Morgan fingerprint density at radius 1 is 1.23 bits per heavy atom. The number of hydrogen-bond acceptors (Lipinski definition) is 4. The lowest BCUT2D eigenvalue weighted by molar-refractivity contribution is -0.133. The Kier molecular flexibility index (Phi) is 2.34. The van der Waals surface area contributed by atoms with Crippen molar-refractivity contribution in [3.8, 4) is 0 Å². The highest BCUT2D eigenvalue weighted by Gasteiger charge is 2.19. The van der Waals surface area contributed by atoms with Gasteiger partial charge in [-0.15, -0.1) is 0 Å². The van der Waals surface area contributed by atoms with Gasteiger partial charge in [-0.2, -0.15) is 0 Å². The molecule has 0 unspecified atom stereocenters. The summed E-state index contributed by atoms with van der Waals surface area (Å²) in [5.41, 5.74) is -0.0789. The van der Waals surface area contributed by atoms with Crippen LogP contribution in [0.5, 0.6) is 0 Å². The van der Waals surface area contributed by atoms with Crippen LogP contribution >= 0.6 is 0 Å². The van der Waals surface area contributed by atoms with Gasteiger partial charge in [0.05, 0.1) is 11.1 Å². The SMILES string of the molecule is NN1C=C(C(=O)O)CC(C(=O)O)=C1. The van der Waals surface area contributed by atoms with Gasteiger partial charge in [0.2, 0.25) is 0 Å². The van der Waals surface area contributed by atoms with Crippen LogP contribution in [0.15, 0.2) is 23.5 Å². The van der Waals surface area contributed by atoms with Crippen molar-refractivity contribution in [2.75, 3.05) is 0 Å². The van der Waals surface area contributed by atoms with Crippen molar-refractivity contribution in [1.29, 1.82) is 0 Å². The molecular weight excluding hydrogens is 176 g/mol. The number of hydrazine groups is 1. The van der Waals surface area contributed by atoms with Crippen molar-refractivity contribution in [3.63, 3.8) is 0 Å². The fourth-order valence-electron chi connectivity index (χ4n) is 0.955. The molecule has 0 fully saturated rings. The lowest BCUT2D eigenvalue weighted by atomic mass is 10.1. The number of hydrogen-bond donors (Lipinski definition) is 3. The molecule has 0 radical (unpaired) electrons. The second kappa shape index (κ2) is 3.28. The summed E-state index contributed by atoms with van der Waals surface area (Å²) in [6.45, 7) is 0. The minimum atomic E-state index is -1.16. The zero-order valence-corrected chi connectivity index (χ0v) is 6.60. The Morgan fingerprint density at radius 2 is 1.62 bits per heavy atom. The normalized spacial score (nSPS) is 16.2. The van der Waals surface area contributed by atoms with Gasteiger partial charge in [0.1, 0.15) is 0 Å². The molecule has 0 aromatic carbocycles. The van der Waals surface area contributed by atoms with Crippen LogP contribution in [0.1, 0.15) is 6.42 Å². The molecule has 4 N–H and O–H groups in total. The average molecular weight is 184 g/mol. The Balaban J connectivity index is 2.88. The molecule has 1 rings (SSSR count). The van der Waals surface area contributed by atoms with Crippen LogP contribution in [0.25, 0.3) is 0 Å². The smallest absolute Gasteiger partial charge is 0.333 e. The summed E-state index contributed by atoms with van der Waals surface area (Å²) in [5, 5.41) is 18.1. The molecule has 0 aromatic rings. The van der Waals surface area contributed by atoms with Gasteiger partial charge in [0, 0.05) is 18.8 Å². The zero-order chi connectivity index (χ0) is 10.0. The Labute approximate surface area is 73.5 Å². The number of rotatable bonds is 2. The van der Waals surface area contributed by atoms with Gasteiger partial charge in [-0.3, -0.25) is 5.01 Å². The number of aliphatic carboxylic acids is 2. The highest BCUT2D eigenvalue weighted by atomic mass is 16.4. The van der Waals surface area contributed by atoms with Gasteiger partial charge in [0.15, 0.2) is 0 Å². The van der Waals surface area contributed by atoms with Gasteiger partial charge < -0.3 is 10.2 Å². The summed E-state index contributed by atoms with van der Waals surface area (Å²) in [7, 11) is 0. The summed E-state index contributed by atoms with van der Waals surface area (Å²) >= 11 is 0. The Hall–Kier alpha value is -1.82. The lowest BCUT2D eigenvalue weighted by Gasteiger charge is -2.16. The molecule has 1 aliphatic heterocycles. The summed E-state index contributed by atoms with van der Waals surface area (Å²) in [6.07, 6.45) is 2.24. The molecule has 13 heavy (non-hydrogen) atoms. The van der Waals surface area contributed by atoms with E-state index < -0.39 is 11.9 Å². The second-order valence-electron chi connectivity index (χ2n) is 2.54. The molecule has 0 bridgehead atoms. The average Bonchev–Trinajstić information content (AvgIpc) is 2.03. The highest BCUT2D eigenvalue weighted by molar-refractivity contribution is 5.93. The fourth-order valence-corrected chi connectivity index (χ4v) is 0.955. The van der Waals surface area contributed by atoms with Gasteiger partial charge in [-0.25, -0.2) is 15.4 Å². The predicted octanol–water partition coefficient (Wildman–Crippen LogP) is -0.497. The van der Waals surface area contributed by atoms with Gasteiger partial charge in [-0.1, -0.05) is 0 Å². The van der Waals surface area contributed by atoms with Crippen molar-refractivity contribution in [3.05, 3.63) is 23.5 Å². The largest absolute Gasteiger partial charge is 0.478 e. The molecule has 0 aromatic heterocycles. The minimum Gasteiger partial charge on any atom is -0.478 e. The molecule has 1 aliphatic rings. The third-order valence-electron chi connectivity index (χ3n) is 1.54. The van der Waals surface area contributed by atoms with Crippen molar-refractivity contribution in [1.82, 2.24) is 5.01 Å². The first-order chi connectivity index (χ1) is 6.00. The van der Waals surface area contributed by atoms with Crippen LogP contribution in [0.3, 0.4) is 0 Å². The van der Waals surface area contributed by atoms with Gasteiger partial charge >= 0.3 is 11.9 Å². The van der Waals surface area contributed by atoms with E-state index in [-0.39, 0.29) is 17.6 Å². The van der Waals surface area contributed by atoms with Crippen LogP contribution in [-0.2, 0) is 9.59 Å². The maximum absolute atomic E-state index is 10.5. The van der Waals surface area contributed by atoms with E-state index in [0.29, 0.717) is 0 Å². The highest BCUT2D eigenvalue weighted by Crippen LogP contribution is 2.17. The van der Waals surface area contributed by atoms with E-state index in [1.807, 2.05) is 0 Å². The van der Waals surface area contributed by atoms with Crippen molar-refractivity contribution in [2.24, 2.45) is 5.84 Å². The van der Waals surface area contributed by atoms with Crippen LogP contribution in [0.2, 0.25) is 0 Å². The van der Waals surface area contributed by atoms with Gasteiger partial charge in [-0.05, 0) is 0 Å². The molecule has 0 saturated carbocycles. The zero-order valence-electron chi connectivity index (χ0n) is 6.60. The topological polar surface area (TPSA) is 104 Å². The number of carbonyl (C=O) groups is 2. The molecule has 0 amide bonds. The first kappa shape index (κ1) is 9.27. The van der Waals surface area contributed by atoms with E-state index in [9.17, 15) is 9.59 Å². The number of nitrogens with two attached hydrogens (primary N) is 1. The molecular formula is C7H8N2O4. The first-order valence-corrected chi connectivity index (χ1v) is 3.41. The quantitative estimate of drug-likeness (QED) is 0.500. The van der Waals surface area contributed by atoms with E-state index in [2.05, 4.69) is 0 Å². The Morgan fingerprint density at radius 3 is 1.92 bits per heavy atom. The first-order valence-electron chi connectivity index (χ1n) is 3.41. The summed E-state index contributed by atoms with van der Waals surface area (Å²) < 4.78 is 0. The standard InChI is InChI=1S/C7H8N2O4/c8-9-2-4(6(10)11)1-5(3-9)7(12)13/h2-3H,1,8H2,(H,10,11)(H,12,13). The summed E-state index contributed by atoms with van der Waals surface area (Å²) in [6, 6.07) is 0. The van der Waals surface area contributed by atoms with Gasteiger partial charge in [0.25, 0.3) is 0 Å². The van der Waals surface area contributed by atoms with E-state index >= 15 is 0 Å². The molecule has 6 heteroatoms. The van der Waals surface area contributed by atoms with Crippen LogP contribution in [0.4, 0.5) is 0 Å². The van der Waals surface area contributed by atoms with E-state index in [4.69, 9.17) is 16.1 Å². The van der Waals surface area contributed by atoms with Crippen molar-refractivity contribution >= 4 is 11.9 Å². The number of carboxylic acid groups (broad SMARTS) is 2. The monoisotopic (exact) mass is 184 g/mol. The summed E-state index contributed by atoms with van der Waals surface area (Å²) in [5.74, 6) is 2.92. The third kappa shape index (κ3) is 2.06. The molecule has 70 valence electrons. The Bertz CT molecular complexity index is 288. The van der Waals surface area contributed by atoms with Crippen LogP contribution in [-0.4, -0.2) is 27.2 Å². The molecule has 0 aliphatic carbocycles. The van der Waals surface area contributed by atoms with Crippen LogP contribution < -0.4 is 5.84 Å².